The van der Waals surface area contributed by atoms with E-state index in [1.165, 1.54) is 18.3 Å². The molecule has 2 N–H and O–H groups in total. The zero-order valence-corrected chi connectivity index (χ0v) is 14.2. The summed E-state index contributed by atoms with van der Waals surface area (Å²) in [5, 5.41) is 7.11. The quantitative estimate of drug-likeness (QED) is 0.658. The van der Waals surface area contributed by atoms with E-state index in [-0.39, 0.29) is 10.6 Å². The molecule has 0 aliphatic heterocycles. The molecule has 0 amide bonds. The number of hydrogen-bond acceptors (Lipinski definition) is 5. The molecular formula is C16H15F2N5O2S. The second kappa shape index (κ2) is 7.48. The highest BCUT2D eigenvalue weighted by atomic mass is 32.2. The molecule has 0 aliphatic rings. The summed E-state index contributed by atoms with van der Waals surface area (Å²) >= 11 is 0. The lowest BCUT2D eigenvalue weighted by molar-refractivity contribution is 0.509. The van der Waals surface area contributed by atoms with Crippen LogP contribution >= 0.6 is 0 Å². The molecule has 2 heterocycles. The number of benzene rings is 1. The molecule has 2 aromatic heterocycles. The van der Waals surface area contributed by atoms with Crippen molar-refractivity contribution in [1.29, 1.82) is 0 Å². The van der Waals surface area contributed by atoms with Gasteiger partial charge in [-0.15, -0.1) is 0 Å². The molecule has 0 radical (unpaired) electrons. The van der Waals surface area contributed by atoms with Crippen LogP contribution in [0.3, 0.4) is 0 Å². The number of nitrogens with one attached hydrogen (secondary N) is 2. The summed E-state index contributed by atoms with van der Waals surface area (Å²) in [6, 6.07) is 7.45. The van der Waals surface area contributed by atoms with E-state index in [0.29, 0.717) is 18.9 Å². The molecule has 0 aliphatic carbocycles. The third-order valence-electron chi connectivity index (χ3n) is 3.42. The maximum atomic E-state index is 13.2. The normalized spacial score (nSPS) is 11.3. The summed E-state index contributed by atoms with van der Waals surface area (Å²) in [6.07, 6.45) is 4.69. The van der Waals surface area contributed by atoms with E-state index >= 15 is 0 Å². The highest BCUT2D eigenvalue weighted by Crippen LogP contribution is 2.18. The van der Waals surface area contributed by atoms with Crippen LogP contribution in [-0.2, 0) is 16.6 Å². The Morgan fingerprint density at radius 2 is 1.96 bits per heavy atom. The number of rotatable bonds is 7. The summed E-state index contributed by atoms with van der Waals surface area (Å²) in [5.74, 6) is -1.69. The van der Waals surface area contributed by atoms with E-state index in [4.69, 9.17) is 0 Å². The summed E-state index contributed by atoms with van der Waals surface area (Å²) in [6.45, 7) is 1.19. The van der Waals surface area contributed by atoms with Crippen molar-refractivity contribution in [2.75, 3.05) is 16.6 Å². The Balaban J connectivity index is 1.63. The van der Waals surface area contributed by atoms with Crippen LogP contribution in [0.1, 0.15) is 0 Å². The fourth-order valence-electron chi connectivity index (χ4n) is 2.15. The van der Waals surface area contributed by atoms with E-state index in [9.17, 15) is 17.2 Å². The van der Waals surface area contributed by atoms with Gasteiger partial charge >= 0.3 is 0 Å². The molecule has 0 spiro atoms. The summed E-state index contributed by atoms with van der Waals surface area (Å²) in [4.78, 5) is 3.95. The standard InChI is InChI=1S/C16H15F2N5O2S/c17-14-4-2-12(10-15(14)18)22-26(24,25)13-3-5-16(20-11-13)19-7-9-23-8-1-6-21-23/h1-6,8,10-11,22H,7,9H2,(H,19,20). The van der Waals surface area contributed by atoms with Crippen LogP contribution in [0.2, 0.25) is 0 Å². The molecule has 0 fully saturated rings. The van der Waals surface area contributed by atoms with Crippen molar-refractivity contribution in [3.63, 3.8) is 0 Å². The first-order valence-electron chi connectivity index (χ1n) is 7.59. The average molecular weight is 379 g/mol. The van der Waals surface area contributed by atoms with Gasteiger partial charge in [-0.3, -0.25) is 9.40 Å². The molecule has 0 saturated carbocycles. The summed E-state index contributed by atoms with van der Waals surface area (Å²) in [7, 11) is -3.96. The highest BCUT2D eigenvalue weighted by Gasteiger charge is 2.15. The van der Waals surface area contributed by atoms with Crippen LogP contribution in [0.25, 0.3) is 0 Å². The number of sulfonamides is 1. The van der Waals surface area contributed by atoms with Crippen LogP contribution in [0, 0.1) is 11.6 Å². The van der Waals surface area contributed by atoms with E-state index in [1.54, 1.807) is 10.9 Å². The van der Waals surface area contributed by atoms with Crippen molar-refractivity contribution >= 4 is 21.5 Å². The monoisotopic (exact) mass is 379 g/mol. The second-order valence-corrected chi connectivity index (χ2v) is 6.99. The zero-order valence-electron chi connectivity index (χ0n) is 13.4. The fourth-order valence-corrected chi connectivity index (χ4v) is 3.14. The molecule has 3 aromatic rings. The predicted molar refractivity (Wildman–Crippen MR) is 92.1 cm³/mol. The molecule has 10 heteroatoms. The number of hydrogen-bond donors (Lipinski definition) is 2. The van der Waals surface area contributed by atoms with Crippen LogP contribution < -0.4 is 10.0 Å². The summed E-state index contributed by atoms with van der Waals surface area (Å²) < 4.78 is 54.6. The first-order valence-corrected chi connectivity index (χ1v) is 9.07. The third kappa shape index (κ3) is 4.33. The van der Waals surface area contributed by atoms with E-state index in [0.717, 1.165) is 18.2 Å². The average Bonchev–Trinajstić information content (AvgIpc) is 3.12. The minimum atomic E-state index is -3.96. The Morgan fingerprint density at radius 3 is 2.62 bits per heavy atom. The van der Waals surface area contributed by atoms with Gasteiger partial charge in [-0.1, -0.05) is 0 Å². The van der Waals surface area contributed by atoms with Gasteiger partial charge in [-0.25, -0.2) is 22.2 Å². The molecule has 1 aromatic carbocycles. The Kier molecular flexibility index (Phi) is 5.12. The fraction of sp³-hybridized carbons (Fsp3) is 0.125. The van der Waals surface area contributed by atoms with Gasteiger partial charge < -0.3 is 5.32 Å². The number of nitrogens with zero attached hydrogens (tertiary/aromatic N) is 3. The second-order valence-electron chi connectivity index (χ2n) is 5.31. The maximum absolute atomic E-state index is 13.2. The minimum Gasteiger partial charge on any atom is -0.368 e. The van der Waals surface area contributed by atoms with Gasteiger partial charge in [0.05, 0.1) is 12.2 Å². The zero-order chi connectivity index (χ0) is 18.6. The van der Waals surface area contributed by atoms with E-state index < -0.39 is 21.7 Å². The summed E-state index contributed by atoms with van der Waals surface area (Å²) in [5.41, 5.74) is -0.0784. The molecule has 3 rings (SSSR count). The van der Waals surface area contributed by atoms with Crippen molar-refractivity contribution in [3.8, 4) is 0 Å². The first-order chi connectivity index (χ1) is 12.4. The SMILES string of the molecule is O=S(=O)(Nc1ccc(F)c(F)c1)c1ccc(NCCn2cccn2)nc1. The van der Waals surface area contributed by atoms with Gasteiger partial charge in [0, 0.05) is 31.2 Å². The van der Waals surface area contributed by atoms with Crippen molar-refractivity contribution in [2.45, 2.75) is 11.4 Å². The van der Waals surface area contributed by atoms with Crippen LogP contribution in [0.5, 0.6) is 0 Å². The molecule has 7 nitrogen and oxygen atoms in total. The molecule has 0 saturated heterocycles. The van der Waals surface area contributed by atoms with E-state index in [2.05, 4.69) is 20.1 Å². The van der Waals surface area contributed by atoms with Gasteiger partial charge in [0.2, 0.25) is 0 Å². The van der Waals surface area contributed by atoms with Crippen molar-refractivity contribution < 1.29 is 17.2 Å². The lowest BCUT2D eigenvalue weighted by Gasteiger charge is -2.09. The Labute approximate surface area is 148 Å². The van der Waals surface area contributed by atoms with Crippen LogP contribution in [0.4, 0.5) is 20.3 Å². The molecule has 26 heavy (non-hydrogen) atoms. The third-order valence-corrected chi connectivity index (χ3v) is 4.79. The molecule has 0 bridgehead atoms. The van der Waals surface area contributed by atoms with E-state index in [1.807, 2.05) is 12.3 Å². The van der Waals surface area contributed by atoms with Crippen molar-refractivity contribution in [2.24, 2.45) is 0 Å². The minimum absolute atomic E-state index is 0.0784. The van der Waals surface area contributed by atoms with Crippen LogP contribution in [0.15, 0.2) is 59.9 Å². The molecular weight excluding hydrogens is 364 g/mol. The smallest absolute Gasteiger partial charge is 0.263 e. The lowest BCUT2D eigenvalue weighted by atomic mass is 10.3. The largest absolute Gasteiger partial charge is 0.368 e. The van der Waals surface area contributed by atoms with Crippen molar-refractivity contribution in [1.82, 2.24) is 14.8 Å². The van der Waals surface area contributed by atoms with Crippen molar-refractivity contribution in [3.05, 3.63) is 66.6 Å². The van der Waals surface area contributed by atoms with Gasteiger partial charge in [-0.05, 0) is 30.3 Å². The molecule has 136 valence electrons. The first kappa shape index (κ1) is 17.8. The maximum Gasteiger partial charge on any atom is 0.263 e. The number of aromatic nitrogens is 3. The Hall–Kier alpha value is -3.01. The lowest BCUT2D eigenvalue weighted by Crippen LogP contribution is -2.14. The Morgan fingerprint density at radius 1 is 1.12 bits per heavy atom. The molecule has 0 atom stereocenters. The Bertz CT molecular complexity index is 976. The van der Waals surface area contributed by atoms with Gasteiger partial charge in [0.15, 0.2) is 11.6 Å². The van der Waals surface area contributed by atoms with Crippen LogP contribution in [-0.4, -0.2) is 29.7 Å². The number of halogens is 2. The topological polar surface area (TPSA) is 88.9 Å². The number of pyridine rings is 1. The van der Waals surface area contributed by atoms with Gasteiger partial charge in [-0.2, -0.15) is 5.10 Å². The van der Waals surface area contributed by atoms with Gasteiger partial charge in [0.1, 0.15) is 10.7 Å². The predicted octanol–water partition coefficient (Wildman–Crippen LogP) is 2.47. The van der Waals surface area contributed by atoms with Gasteiger partial charge in [0.25, 0.3) is 10.0 Å². The number of anilines is 2. The molecule has 0 unspecified atom stereocenters. The highest BCUT2D eigenvalue weighted by molar-refractivity contribution is 7.92.